The third-order valence-electron chi connectivity index (χ3n) is 1.76. The normalized spacial score (nSPS) is 10.2. The van der Waals surface area contributed by atoms with E-state index < -0.39 is 18.2 Å². The summed E-state index contributed by atoms with van der Waals surface area (Å²) >= 11 is 6.64. The summed E-state index contributed by atoms with van der Waals surface area (Å²) in [5.74, 6) is -1.04. The summed E-state index contributed by atoms with van der Waals surface area (Å²) in [6.07, 6.45) is -1.02. The molecule has 4 nitrogen and oxygen atoms in total. The number of ether oxygens (including phenoxy) is 2. The Labute approximate surface area is 116 Å². The third kappa shape index (κ3) is 4.47. The molecule has 6 heteroatoms. The Hall–Kier alpha value is -0.880. The first kappa shape index (κ1) is 14.2. The second kappa shape index (κ2) is 6.16. The van der Waals surface area contributed by atoms with Gasteiger partial charge in [-0.2, -0.15) is 0 Å². The second-order valence-electron chi connectivity index (χ2n) is 3.22. The highest BCUT2D eigenvalue weighted by molar-refractivity contribution is 9.13. The molecule has 0 radical (unpaired) electrons. The van der Waals surface area contributed by atoms with E-state index in [0.717, 1.165) is 8.95 Å². The molecule has 0 bridgehead atoms. The predicted molar refractivity (Wildman–Crippen MR) is 68.1 cm³/mol. The summed E-state index contributed by atoms with van der Waals surface area (Å²) in [4.78, 5) is 21.9. The Bertz CT molecular complexity index is 429. The van der Waals surface area contributed by atoms with Crippen LogP contribution in [0.2, 0.25) is 0 Å². The number of halogens is 2. The van der Waals surface area contributed by atoms with Crippen LogP contribution in [0.15, 0.2) is 27.1 Å². The molecule has 0 aliphatic heterocycles. The first-order valence-corrected chi connectivity index (χ1v) is 6.28. The molecule has 0 unspecified atom stereocenters. The van der Waals surface area contributed by atoms with Gasteiger partial charge in [0, 0.05) is 28.4 Å². The van der Waals surface area contributed by atoms with Crippen molar-refractivity contribution in [1.29, 1.82) is 0 Å². The highest BCUT2D eigenvalue weighted by atomic mass is 79.9. The van der Waals surface area contributed by atoms with Crippen LogP contribution in [0.3, 0.4) is 0 Å². The van der Waals surface area contributed by atoms with Gasteiger partial charge in [0.05, 0.1) is 0 Å². The molecule has 0 aliphatic rings. The standard InChI is InChI=1S/C11H10Br2O4/c1-6(14)16-11(17-7(2)15)8-3-4-9(12)10(13)5-8/h3-5,11H,1-2H3. The van der Waals surface area contributed by atoms with E-state index in [2.05, 4.69) is 31.9 Å². The first-order chi connectivity index (χ1) is 7.90. The molecule has 0 aliphatic carbocycles. The van der Waals surface area contributed by atoms with Gasteiger partial charge in [-0.1, -0.05) is 6.07 Å². The van der Waals surface area contributed by atoms with Gasteiger partial charge in [0.1, 0.15) is 0 Å². The van der Waals surface area contributed by atoms with Crippen LogP contribution < -0.4 is 0 Å². The molecule has 0 spiro atoms. The molecule has 1 aromatic rings. The average molecular weight is 366 g/mol. The number of benzene rings is 1. The van der Waals surface area contributed by atoms with E-state index in [0.29, 0.717) is 5.56 Å². The lowest BCUT2D eigenvalue weighted by molar-refractivity contribution is -0.186. The van der Waals surface area contributed by atoms with Gasteiger partial charge in [0.15, 0.2) is 0 Å². The fourth-order valence-corrected chi connectivity index (χ4v) is 1.76. The molecular weight excluding hydrogens is 356 g/mol. The molecule has 0 saturated heterocycles. The van der Waals surface area contributed by atoms with E-state index in [4.69, 9.17) is 9.47 Å². The van der Waals surface area contributed by atoms with E-state index in [1.165, 1.54) is 13.8 Å². The lowest BCUT2D eigenvalue weighted by Gasteiger charge is -2.17. The fraction of sp³-hybridized carbons (Fsp3) is 0.273. The Morgan fingerprint density at radius 3 is 2.00 bits per heavy atom. The maximum atomic E-state index is 10.9. The Morgan fingerprint density at radius 1 is 1.06 bits per heavy atom. The molecule has 0 fully saturated rings. The van der Waals surface area contributed by atoms with Crippen LogP contribution >= 0.6 is 31.9 Å². The van der Waals surface area contributed by atoms with Crippen molar-refractivity contribution in [3.05, 3.63) is 32.7 Å². The molecule has 0 N–H and O–H groups in total. The smallest absolute Gasteiger partial charge is 0.305 e. The average Bonchev–Trinajstić information content (AvgIpc) is 2.19. The summed E-state index contributed by atoms with van der Waals surface area (Å²) < 4.78 is 11.5. The number of hydrogen-bond donors (Lipinski definition) is 0. The van der Waals surface area contributed by atoms with Crippen molar-refractivity contribution in [3.8, 4) is 0 Å². The molecule has 0 aromatic heterocycles. The van der Waals surface area contributed by atoms with Crippen molar-refractivity contribution in [3.63, 3.8) is 0 Å². The van der Waals surface area contributed by atoms with Crippen LogP contribution in [-0.4, -0.2) is 11.9 Å². The zero-order valence-electron chi connectivity index (χ0n) is 9.20. The van der Waals surface area contributed by atoms with Gasteiger partial charge >= 0.3 is 11.9 Å². The van der Waals surface area contributed by atoms with E-state index in [-0.39, 0.29) is 0 Å². The molecule has 17 heavy (non-hydrogen) atoms. The molecule has 0 atom stereocenters. The quantitative estimate of drug-likeness (QED) is 0.609. The monoisotopic (exact) mass is 364 g/mol. The van der Waals surface area contributed by atoms with Crippen LogP contribution in [0, 0.1) is 0 Å². The molecule has 0 saturated carbocycles. The van der Waals surface area contributed by atoms with E-state index in [9.17, 15) is 9.59 Å². The minimum Gasteiger partial charge on any atom is -0.421 e. The summed E-state index contributed by atoms with van der Waals surface area (Å²) in [5, 5.41) is 0. The summed E-state index contributed by atoms with van der Waals surface area (Å²) in [6, 6.07) is 5.17. The zero-order chi connectivity index (χ0) is 13.0. The predicted octanol–water partition coefficient (Wildman–Crippen LogP) is 3.34. The van der Waals surface area contributed by atoms with Crippen molar-refractivity contribution in [2.45, 2.75) is 20.1 Å². The number of rotatable bonds is 3. The second-order valence-corrected chi connectivity index (χ2v) is 4.93. The van der Waals surface area contributed by atoms with Crippen molar-refractivity contribution in [2.75, 3.05) is 0 Å². The van der Waals surface area contributed by atoms with Gasteiger partial charge in [-0.3, -0.25) is 9.59 Å². The molecule has 0 heterocycles. The van der Waals surface area contributed by atoms with Gasteiger partial charge in [-0.05, 0) is 44.0 Å². The van der Waals surface area contributed by atoms with Gasteiger partial charge < -0.3 is 9.47 Å². The third-order valence-corrected chi connectivity index (χ3v) is 3.64. The molecule has 1 aromatic carbocycles. The molecular formula is C11H10Br2O4. The summed E-state index contributed by atoms with van der Waals surface area (Å²) in [5.41, 5.74) is 0.575. The van der Waals surface area contributed by atoms with Gasteiger partial charge in [0.25, 0.3) is 6.29 Å². The zero-order valence-corrected chi connectivity index (χ0v) is 12.4. The maximum absolute atomic E-state index is 10.9. The van der Waals surface area contributed by atoms with Gasteiger partial charge in [-0.25, -0.2) is 0 Å². The van der Waals surface area contributed by atoms with Crippen molar-refractivity contribution in [2.24, 2.45) is 0 Å². The van der Waals surface area contributed by atoms with Gasteiger partial charge in [0.2, 0.25) is 0 Å². The SMILES string of the molecule is CC(=O)OC(OC(C)=O)c1ccc(Br)c(Br)c1. The number of carbonyl (C=O) groups is 2. The topological polar surface area (TPSA) is 52.6 Å². The molecule has 92 valence electrons. The number of hydrogen-bond acceptors (Lipinski definition) is 4. The Balaban J connectivity index is 2.98. The van der Waals surface area contributed by atoms with Crippen molar-refractivity contribution >= 4 is 43.8 Å². The molecule has 0 amide bonds. The maximum Gasteiger partial charge on any atom is 0.305 e. The number of esters is 2. The lowest BCUT2D eigenvalue weighted by atomic mass is 10.2. The Kier molecular flexibility index (Phi) is 5.14. The highest BCUT2D eigenvalue weighted by Crippen LogP contribution is 2.28. The number of carbonyl (C=O) groups excluding carboxylic acids is 2. The van der Waals surface area contributed by atoms with E-state index in [1.54, 1.807) is 18.2 Å². The lowest BCUT2D eigenvalue weighted by Crippen LogP contribution is -2.14. The van der Waals surface area contributed by atoms with Crippen LogP contribution in [0.1, 0.15) is 25.7 Å². The van der Waals surface area contributed by atoms with Crippen molar-refractivity contribution in [1.82, 2.24) is 0 Å². The largest absolute Gasteiger partial charge is 0.421 e. The fourth-order valence-electron chi connectivity index (χ4n) is 1.12. The van der Waals surface area contributed by atoms with Crippen LogP contribution in [0.5, 0.6) is 0 Å². The summed E-state index contributed by atoms with van der Waals surface area (Å²) in [6.45, 7) is 2.51. The van der Waals surface area contributed by atoms with Crippen molar-refractivity contribution < 1.29 is 19.1 Å². The van der Waals surface area contributed by atoms with Gasteiger partial charge in [-0.15, -0.1) is 0 Å². The summed E-state index contributed by atoms with van der Waals surface area (Å²) in [7, 11) is 0. The van der Waals surface area contributed by atoms with Crippen LogP contribution in [0.25, 0.3) is 0 Å². The van der Waals surface area contributed by atoms with Crippen LogP contribution in [-0.2, 0) is 19.1 Å². The first-order valence-electron chi connectivity index (χ1n) is 4.69. The molecule has 1 rings (SSSR count). The Morgan fingerprint density at radius 2 is 1.59 bits per heavy atom. The highest BCUT2D eigenvalue weighted by Gasteiger charge is 2.18. The van der Waals surface area contributed by atoms with Crippen LogP contribution in [0.4, 0.5) is 0 Å². The minimum atomic E-state index is -1.02. The van der Waals surface area contributed by atoms with E-state index >= 15 is 0 Å². The minimum absolute atomic E-state index is 0.518. The van der Waals surface area contributed by atoms with E-state index in [1.807, 2.05) is 0 Å².